The van der Waals surface area contributed by atoms with Gasteiger partial charge in [0.25, 0.3) is 0 Å². The highest BCUT2D eigenvalue weighted by molar-refractivity contribution is 5.06. The van der Waals surface area contributed by atoms with E-state index in [0.717, 1.165) is 12.3 Å². The van der Waals surface area contributed by atoms with E-state index in [1.165, 1.54) is 0 Å². The zero-order chi connectivity index (χ0) is 7.07. The van der Waals surface area contributed by atoms with Gasteiger partial charge in [0.05, 0.1) is 6.61 Å². The van der Waals surface area contributed by atoms with Crippen LogP contribution in [0.3, 0.4) is 0 Å². The Labute approximate surface area is 56.1 Å². The van der Waals surface area contributed by atoms with Crippen molar-refractivity contribution in [2.75, 3.05) is 13.7 Å². The topological polar surface area (TPSA) is 12.5 Å². The summed E-state index contributed by atoms with van der Waals surface area (Å²) in [5.74, 6) is 0. The normalized spacial score (nSPS) is 25.2. The minimum Gasteiger partial charge on any atom is -0.273 e. The SMILES string of the molecule is C=C1N(C)OCC1(C)C. The molecule has 0 spiro atoms. The maximum atomic E-state index is 5.21. The Kier molecular flexibility index (Phi) is 1.28. The first-order valence-electron chi connectivity index (χ1n) is 3.10. The molecule has 0 saturated carbocycles. The van der Waals surface area contributed by atoms with Crippen LogP contribution in [-0.4, -0.2) is 18.7 Å². The molecule has 1 rings (SSSR count). The molecule has 0 aliphatic carbocycles. The zero-order valence-corrected chi connectivity index (χ0v) is 6.27. The molecule has 0 unspecified atom stereocenters. The molecule has 0 bridgehead atoms. The van der Waals surface area contributed by atoms with E-state index < -0.39 is 0 Å². The minimum atomic E-state index is 0.134. The average molecular weight is 127 g/mol. The van der Waals surface area contributed by atoms with Gasteiger partial charge in [0.2, 0.25) is 0 Å². The van der Waals surface area contributed by atoms with E-state index in [0.29, 0.717) is 0 Å². The lowest BCUT2D eigenvalue weighted by Crippen LogP contribution is -2.15. The highest BCUT2D eigenvalue weighted by Gasteiger charge is 2.32. The molecule has 1 fully saturated rings. The van der Waals surface area contributed by atoms with Crippen LogP contribution in [0, 0.1) is 5.41 Å². The van der Waals surface area contributed by atoms with Crippen LogP contribution in [0.1, 0.15) is 13.8 Å². The molecule has 52 valence electrons. The van der Waals surface area contributed by atoms with Gasteiger partial charge >= 0.3 is 0 Å². The Morgan fingerprint density at radius 3 is 2.33 bits per heavy atom. The largest absolute Gasteiger partial charge is 0.273 e. The van der Waals surface area contributed by atoms with Crippen LogP contribution < -0.4 is 0 Å². The highest BCUT2D eigenvalue weighted by Crippen LogP contribution is 2.33. The lowest BCUT2D eigenvalue weighted by Gasteiger charge is -2.16. The van der Waals surface area contributed by atoms with Gasteiger partial charge in [0.15, 0.2) is 0 Å². The van der Waals surface area contributed by atoms with Crippen LogP contribution in [-0.2, 0) is 4.84 Å². The standard InChI is InChI=1S/C7H13NO/c1-6-7(2,3)5-9-8(6)4/h1,5H2,2-4H3. The van der Waals surface area contributed by atoms with Gasteiger partial charge in [-0.1, -0.05) is 20.4 Å². The molecular weight excluding hydrogens is 114 g/mol. The number of hydrogen-bond acceptors (Lipinski definition) is 2. The molecule has 1 aliphatic rings. The van der Waals surface area contributed by atoms with E-state index in [9.17, 15) is 0 Å². The van der Waals surface area contributed by atoms with E-state index in [1.54, 1.807) is 5.06 Å². The Morgan fingerprint density at radius 1 is 1.67 bits per heavy atom. The lowest BCUT2D eigenvalue weighted by molar-refractivity contribution is -0.0722. The van der Waals surface area contributed by atoms with Crippen LogP contribution in [0.2, 0.25) is 0 Å². The summed E-state index contributed by atoms with van der Waals surface area (Å²) in [7, 11) is 1.89. The summed E-state index contributed by atoms with van der Waals surface area (Å²) in [6.07, 6.45) is 0. The van der Waals surface area contributed by atoms with Gasteiger partial charge in [-0.15, -0.1) is 0 Å². The maximum absolute atomic E-state index is 5.21. The van der Waals surface area contributed by atoms with Crippen LogP contribution in [0.15, 0.2) is 12.3 Å². The second kappa shape index (κ2) is 1.74. The molecule has 1 heterocycles. The summed E-state index contributed by atoms with van der Waals surface area (Å²) >= 11 is 0. The summed E-state index contributed by atoms with van der Waals surface area (Å²) in [5, 5.41) is 1.74. The molecule has 0 aromatic rings. The number of nitrogens with zero attached hydrogens (tertiary/aromatic N) is 1. The quantitative estimate of drug-likeness (QED) is 0.487. The summed E-state index contributed by atoms with van der Waals surface area (Å²) in [6.45, 7) is 8.89. The van der Waals surface area contributed by atoms with Crippen LogP contribution >= 0.6 is 0 Å². The molecule has 9 heavy (non-hydrogen) atoms. The van der Waals surface area contributed by atoms with Crippen LogP contribution in [0.25, 0.3) is 0 Å². The Bertz CT molecular complexity index is 140. The smallest absolute Gasteiger partial charge is 0.0854 e. The van der Waals surface area contributed by atoms with Crippen molar-refractivity contribution in [1.29, 1.82) is 0 Å². The van der Waals surface area contributed by atoms with Crippen LogP contribution in [0.5, 0.6) is 0 Å². The minimum absolute atomic E-state index is 0.134. The fourth-order valence-corrected chi connectivity index (χ4v) is 0.846. The van der Waals surface area contributed by atoms with Gasteiger partial charge in [-0.25, -0.2) is 0 Å². The van der Waals surface area contributed by atoms with E-state index in [1.807, 2.05) is 7.05 Å². The van der Waals surface area contributed by atoms with E-state index in [4.69, 9.17) is 4.84 Å². The molecule has 0 amide bonds. The highest BCUT2D eigenvalue weighted by atomic mass is 16.7. The van der Waals surface area contributed by atoms with Gasteiger partial charge in [0, 0.05) is 18.2 Å². The fraction of sp³-hybridized carbons (Fsp3) is 0.714. The zero-order valence-electron chi connectivity index (χ0n) is 6.27. The summed E-state index contributed by atoms with van der Waals surface area (Å²) in [5.41, 5.74) is 1.19. The monoisotopic (exact) mass is 127 g/mol. The van der Waals surface area contributed by atoms with Crippen molar-refractivity contribution in [3.05, 3.63) is 12.3 Å². The molecule has 0 aromatic carbocycles. The van der Waals surface area contributed by atoms with E-state index >= 15 is 0 Å². The fourth-order valence-electron chi connectivity index (χ4n) is 0.846. The number of rotatable bonds is 0. The second-order valence-corrected chi connectivity index (χ2v) is 3.10. The lowest BCUT2D eigenvalue weighted by atomic mass is 9.92. The predicted molar refractivity (Wildman–Crippen MR) is 36.6 cm³/mol. The average Bonchev–Trinajstić information content (AvgIpc) is 1.97. The summed E-state index contributed by atoms with van der Waals surface area (Å²) in [4.78, 5) is 5.21. The first-order valence-corrected chi connectivity index (χ1v) is 3.10. The van der Waals surface area contributed by atoms with Gasteiger partial charge in [0.1, 0.15) is 0 Å². The summed E-state index contributed by atoms with van der Waals surface area (Å²) < 4.78 is 0. The molecule has 0 atom stereocenters. The van der Waals surface area contributed by atoms with E-state index in [-0.39, 0.29) is 5.41 Å². The third kappa shape index (κ3) is 0.944. The third-order valence-electron chi connectivity index (χ3n) is 1.78. The van der Waals surface area contributed by atoms with Crippen molar-refractivity contribution >= 4 is 0 Å². The van der Waals surface area contributed by atoms with Crippen LogP contribution in [0.4, 0.5) is 0 Å². The van der Waals surface area contributed by atoms with E-state index in [2.05, 4.69) is 20.4 Å². The first-order chi connectivity index (χ1) is 4.04. The molecule has 1 saturated heterocycles. The Hall–Kier alpha value is -0.500. The van der Waals surface area contributed by atoms with Crippen molar-refractivity contribution in [3.63, 3.8) is 0 Å². The van der Waals surface area contributed by atoms with Crippen molar-refractivity contribution in [1.82, 2.24) is 5.06 Å². The van der Waals surface area contributed by atoms with Crippen molar-refractivity contribution < 1.29 is 4.84 Å². The molecule has 0 radical (unpaired) electrons. The Morgan fingerprint density at radius 2 is 2.22 bits per heavy atom. The predicted octanol–water partition coefficient (Wildman–Crippen LogP) is 1.40. The molecule has 0 N–H and O–H groups in total. The molecule has 1 aliphatic heterocycles. The van der Waals surface area contributed by atoms with Crippen molar-refractivity contribution in [2.24, 2.45) is 5.41 Å². The molecule has 2 heteroatoms. The second-order valence-electron chi connectivity index (χ2n) is 3.10. The first kappa shape index (κ1) is 6.62. The van der Waals surface area contributed by atoms with Gasteiger partial charge in [-0.3, -0.25) is 9.90 Å². The molecular formula is C7H13NO. The Balaban J connectivity index is 2.74. The summed E-state index contributed by atoms with van der Waals surface area (Å²) in [6, 6.07) is 0. The van der Waals surface area contributed by atoms with Gasteiger partial charge in [-0.05, 0) is 0 Å². The molecule has 2 nitrogen and oxygen atoms in total. The number of hydroxylamine groups is 2. The maximum Gasteiger partial charge on any atom is 0.0854 e. The van der Waals surface area contributed by atoms with Crippen molar-refractivity contribution in [3.8, 4) is 0 Å². The van der Waals surface area contributed by atoms with Gasteiger partial charge < -0.3 is 0 Å². The number of hydrogen-bond donors (Lipinski definition) is 0. The van der Waals surface area contributed by atoms with Crippen molar-refractivity contribution in [2.45, 2.75) is 13.8 Å². The molecule has 0 aromatic heterocycles. The third-order valence-corrected chi connectivity index (χ3v) is 1.78. The van der Waals surface area contributed by atoms with Gasteiger partial charge in [-0.2, -0.15) is 0 Å².